The Bertz CT molecular complexity index is 365. The average Bonchev–Trinajstić information content (AvgIpc) is 3.12. The Hall–Kier alpha value is -1.06. The molecule has 0 aliphatic heterocycles. The van der Waals surface area contributed by atoms with Gasteiger partial charge < -0.3 is 10.6 Å². The first-order valence-corrected chi connectivity index (χ1v) is 5.74. The molecule has 1 aliphatic rings. The number of nitrogens with two attached hydrogens (primary N) is 1. The zero-order chi connectivity index (χ0) is 11.5. The number of likely N-dealkylation sites (N-methyl/N-ethyl adjacent to an activating group) is 1. The van der Waals surface area contributed by atoms with E-state index in [4.69, 9.17) is 5.73 Å². The van der Waals surface area contributed by atoms with Gasteiger partial charge in [0.05, 0.1) is 0 Å². The molecule has 0 radical (unpaired) electrons. The van der Waals surface area contributed by atoms with Crippen molar-refractivity contribution in [2.24, 2.45) is 11.7 Å². The van der Waals surface area contributed by atoms with Crippen LogP contribution < -0.4 is 5.73 Å². The maximum Gasteiger partial charge on any atom is 0.243 e. The van der Waals surface area contributed by atoms with E-state index in [1.54, 1.807) is 4.90 Å². The summed E-state index contributed by atoms with van der Waals surface area (Å²) in [5.74, 6) is 0.718. The molecule has 0 saturated heterocycles. The molecule has 1 amide bonds. The molecule has 2 N–H and O–H groups in total. The molecular weight excluding hydrogens is 236 g/mol. The van der Waals surface area contributed by atoms with Crippen LogP contribution in [0.15, 0.2) is 30.3 Å². The molecule has 4 heteroatoms. The number of carbonyl (C=O) groups is 1. The van der Waals surface area contributed by atoms with Gasteiger partial charge in [-0.25, -0.2) is 0 Å². The van der Waals surface area contributed by atoms with Crippen molar-refractivity contribution in [2.75, 3.05) is 13.6 Å². The smallest absolute Gasteiger partial charge is 0.243 e. The summed E-state index contributed by atoms with van der Waals surface area (Å²) in [6.45, 7) is 0.847. The van der Waals surface area contributed by atoms with Crippen LogP contribution in [0.3, 0.4) is 0 Å². The maximum atomic E-state index is 12.0. The van der Waals surface area contributed by atoms with E-state index in [0.717, 1.165) is 12.1 Å². The van der Waals surface area contributed by atoms with Crippen molar-refractivity contribution in [1.82, 2.24) is 4.90 Å². The average molecular weight is 255 g/mol. The zero-order valence-electron chi connectivity index (χ0n) is 10.0. The van der Waals surface area contributed by atoms with Gasteiger partial charge in [-0.05, 0) is 24.3 Å². The molecule has 1 aromatic carbocycles. The summed E-state index contributed by atoms with van der Waals surface area (Å²) in [4.78, 5) is 13.8. The molecular formula is C13H19ClN2O. The zero-order valence-corrected chi connectivity index (χ0v) is 10.8. The summed E-state index contributed by atoms with van der Waals surface area (Å²) in [6, 6.07) is 9.01. The first kappa shape index (κ1) is 14.0. The molecule has 1 aromatic rings. The van der Waals surface area contributed by atoms with Crippen molar-refractivity contribution in [3.05, 3.63) is 35.9 Å². The Morgan fingerprint density at radius 3 is 2.53 bits per heavy atom. The normalized spacial score (nSPS) is 15.9. The fourth-order valence-electron chi connectivity index (χ4n) is 1.82. The van der Waals surface area contributed by atoms with Crippen LogP contribution >= 0.6 is 12.4 Å². The van der Waals surface area contributed by atoms with E-state index in [9.17, 15) is 4.79 Å². The summed E-state index contributed by atoms with van der Waals surface area (Å²) in [5, 5.41) is 0. The van der Waals surface area contributed by atoms with Gasteiger partial charge in [-0.1, -0.05) is 30.3 Å². The first-order chi connectivity index (χ1) is 7.68. The Morgan fingerprint density at radius 1 is 1.41 bits per heavy atom. The quantitative estimate of drug-likeness (QED) is 0.893. The lowest BCUT2D eigenvalue weighted by Gasteiger charge is -2.21. The lowest BCUT2D eigenvalue weighted by Crippen LogP contribution is -2.36. The predicted octanol–water partition coefficient (Wildman–Crippen LogP) is 1.98. The topological polar surface area (TPSA) is 46.3 Å². The minimum Gasteiger partial charge on any atom is -0.344 e. The number of amides is 1. The number of benzene rings is 1. The highest BCUT2D eigenvalue weighted by Gasteiger charge is 2.27. The summed E-state index contributed by atoms with van der Waals surface area (Å²) in [6.07, 6.45) is 2.50. The van der Waals surface area contributed by atoms with Crippen LogP contribution in [0.2, 0.25) is 0 Å². The van der Waals surface area contributed by atoms with Crippen molar-refractivity contribution in [3.8, 4) is 0 Å². The minimum absolute atomic E-state index is 0. The molecule has 2 rings (SSSR count). The third kappa shape index (κ3) is 3.72. The molecule has 94 valence electrons. The molecule has 1 atom stereocenters. The first-order valence-electron chi connectivity index (χ1n) is 5.74. The molecule has 0 bridgehead atoms. The lowest BCUT2D eigenvalue weighted by molar-refractivity contribution is -0.131. The SMILES string of the molecule is CN(CC1CC1)C(=O)C(N)c1ccccc1.Cl. The Labute approximate surface area is 108 Å². The van der Waals surface area contributed by atoms with Crippen LogP contribution in [-0.2, 0) is 4.79 Å². The molecule has 0 spiro atoms. The number of carbonyl (C=O) groups excluding carboxylic acids is 1. The van der Waals surface area contributed by atoms with Crippen molar-refractivity contribution in [3.63, 3.8) is 0 Å². The third-order valence-corrected chi connectivity index (χ3v) is 3.03. The van der Waals surface area contributed by atoms with Gasteiger partial charge >= 0.3 is 0 Å². The second-order valence-electron chi connectivity index (χ2n) is 4.55. The van der Waals surface area contributed by atoms with Crippen LogP contribution in [0.4, 0.5) is 0 Å². The number of hydrogen-bond donors (Lipinski definition) is 1. The number of rotatable bonds is 4. The van der Waals surface area contributed by atoms with Gasteiger partial charge in [0, 0.05) is 13.6 Å². The number of halogens is 1. The number of hydrogen-bond acceptors (Lipinski definition) is 2. The molecule has 1 saturated carbocycles. The largest absolute Gasteiger partial charge is 0.344 e. The summed E-state index contributed by atoms with van der Waals surface area (Å²) in [7, 11) is 1.84. The van der Waals surface area contributed by atoms with Gasteiger partial charge in [-0.2, -0.15) is 0 Å². The molecule has 0 heterocycles. The van der Waals surface area contributed by atoms with Gasteiger partial charge in [0.15, 0.2) is 0 Å². The molecule has 0 aromatic heterocycles. The fraction of sp³-hybridized carbons (Fsp3) is 0.462. The maximum absolute atomic E-state index is 12.0. The molecule has 1 unspecified atom stereocenters. The van der Waals surface area contributed by atoms with Crippen LogP contribution in [-0.4, -0.2) is 24.4 Å². The van der Waals surface area contributed by atoms with E-state index in [-0.39, 0.29) is 18.3 Å². The van der Waals surface area contributed by atoms with Crippen molar-refractivity contribution in [2.45, 2.75) is 18.9 Å². The Morgan fingerprint density at radius 2 is 2.00 bits per heavy atom. The minimum atomic E-state index is -0.523. The Balaban J connectivity index is 0.00000144. The second kappa shape index (κ2) is 6.03. The van der Waals surface area contributed by atoms with Gasteiger partial charge in [0.1, 0.15) is 6.04 Å². The lowest BCUT2D eigenvalue weighted by atomic mass is 10.1. The highest BCUT2D eigenvalue weighted by molar-refractivity contribution is 5.85. The van der Waals surface area contributed by atoms with E-state index < -0.39 is 6.04 Å². The molecule has 17 heavy (non-hydrogen) atoms. The van der Waals surface area contributed by atoms with Gasteiger partial charge in [0.25, 0.3) is 0 Å². The Kier molecular flexibility index (Phi) is 4.97. The second-order valence-corrected chi connectivity index (χ2v) is 4.55. The van der Waals surface area contributed by atoms with Crippen LogP contribution in [0, 0.1) is 5.92 Å². The highest BCUT2D eigenvalue weighted by Crippen LogP contribution is 2.29. The van der Waals surface area contributed by atoms with Gasteiger partial charge in [-0.15, -0.1) is 12.4 Å². The van der Waals surface area contributed by atoms with E-state index in [2.05, 4.69) is 0 Å². The predicted molar refractivity (Wildman–Crippen MR) is 71.0 cm³/mol. The van der Waals surface area contributed by atoms with Crippen LogP contribution in [0.25, 0.3) is 0 Å². The van der Waals surface area contributed by atoms with Gasteiger partial charge in [0.2, 0.25) is 5.91 Å². The monoisotopic (exact) mass is 254 g/mol. The summed E-state index contributed by atoms with van der Waals surface area (Å²) in [5.41, 5.74) is 6.83. The van der Waals surface area contributed by atoms with Gasteiger partial charge in [-0.3, -0.25) is 4.79 Å². The fourth-order valence-corrected chi connectivity index (χ4v) is 1.82. The highest BCUT2D eigenvalue weighted by atomic mass is 35.5. The molecule has 1 aliphatic carbocycles. The van der Waals surface area contributed by atoms with E-state index in [1.165, 1.54) is 12.8 Å². The van der Waals surface area contributed by atoms with E-state index in [0.29, 0.717) is 5.92 Å². The van der Waals surface area contributed by atoms with E-state index >= 15 is 0 Å². The van der Waals surface area contributed by atoms with Crippen LogP contribution in [0.1, 0.15) is 24.4 Å². The van der Waals surface area contributed by atoms with Crippen molar-refractivity contribution in [1.29, 1.82) is 0 Å². The molecule has 3 nitrogen and oxygen atoms in total. The van der Waals surface area contributed by atoms with Crippen molar-refractivity contribution >= 4 is 18.3 Å². The summed E-state index contributed by atoms with van der Waals surface area (Å²) < 4.78 is 0. The summed E-state index contributed by atoms with van der Waals surface area (Å²) >= 11 is 0. The number of nitrogens with zero attached hydrogens (tertiary/aromatic N) is 1. The van der Waals surface area contributed by atoms with Crippen LogP contribution in [0.5, 0.6) is 0 Å². The van der Waals surface area contributed by atoms with E-state index in [1.807, 2.05) is 37.4 Å². The van der Waals surface area contributed by atoms with Crippen molar-refractivity contribution < 1.29 is 4.79 Å². The molecule has 1 fully saturated rings. The standard InChI is InChI=1S/C13H18N2O.ClH/c1-15(9-10-7-8-10)13(16)12(14)11-5-3-2-4-6-11;/h2-6,10,12H,7-9,14H2,1H3;1H. The third-order valence-electron chi connectivity index (χ3n) is 3.03.